The van der Waals surface area contributed by atoms with Crippen molar-refractivity contribution >= 4 is 47.2 Å². The van der Waals surface area contributed by atoms with Crippen molar-refractivity contribution in [2.45, 2.75) is 25.7 Å². The maximum atomic E-state index is 12.4. The van der Waals surface area contributed by atoms with Crippen LogP contribution in [-0.2, 0) is 4.79 Å². The quantitative estimate of drug-likeness (QED) is 0.870. The zero-order valence-corrected chi connectivity index (χ0v) is 15.7. The Morgan fingerprint density at radius 3 is 2.87 bits per heavy atom. The molecule has 3 rings (SSSR count). The summed E-state index contributed by atoms with van der Waals surface area (Å²) in [6.45, 7) is 5.84. The summed E-state index contributed by atoms with van der Waals surface area (Å²) < 4.78 is 0. The number of anilines is 1. The van der Waals surface area contributed by atoms with E-state index in [0.717, 1.165) is 57.2 Å². The van der Waals surface area contributed by atoms with Crippen LogP contribution in [0.2, 0.25) is 0 Å². The van der Waals surface area contributed by atoms with Gasteiger partial charge in [-0.3, -0.25) is 4.79 Å². The third kappa shape index (κ3) is 5.78. The molecule has 1 unspecified atom stereocenters. The van der Waals surface area contributed by atoms with E-state index < -0.39 is 0 Å². The molecule has 5 nitrogen and oxygen atoms in total. The van der Waals surface area contributed by atoms with Crippen LogP contribution in [-0.4, -0.2) is 55.1 Å². The Hall–Kier alpha value is -0.560. The lowest BCUT2D eigenvalue weighted by Crippen LogP contribution is -2.35. The molecular weight excluding hydrogens is 355 g/mol. The monoisotopic (exact) mass is 380 g/mol. The van der Waals surface area contributed by atoms with Gasteiger partial charge in [0.05, 0.1) is 0 Å². The van der Waals surface area contributed by atoms with Crippen LogP contribution in [0.5, 0.6) is 0 Å². The lowest BCUT2D eigenvalue weighted by atomic mass is 10.0. The van der Waals surface area contributed by atoms with Crippen molar-refractivity contribution in [2.24, 2.45) is 5.92 Å². The third-order valence-corrected chi connectivity index (χ3v) is 5.30. The highest BCUT2D eigenvalue weighted by atomic mass is 35.5. The van der Waals surface area contributed by atoms with E-state index in [1.54, 1.807) is 11.3 Å². The SMILES string of the molecule is Cl.Cl.O=C(CCC1CCNC1)N1CCCN(c2nccs2)CC1. The molecule has 1 N–H and O–H groups in total. The zero-order chi connectivity index (χ0) is 14.5. The van der Waals surface area contributed by atoms with Gasteiger partial charge in [0.1, 0.15) is 0 Å². The van der Waals surface area contributed by atoms with Crippen LogP contribution in [0.1, 0.15) is 25.7 Å². The molecule has 0 aromatic carbocycles. The number of hydrogen-bond donors (Lipinski definition) is 1. The van der Waals surface area contributed by atoms with E-state index in [0.29, 0.717) is 18.2 Å². The van der Waals surface area contributed by atoms with Crippen molar-refractivity contribution in [3.63, 3.8) is 0 Å². The van der Waals surface area contributed by atoms with Gasteiger partial charge in [-0.25, -0.2) is 4.98 Å². The lowest BCUT2D eigenvalue weighted by molar-refractivity contribution is -0.131. The van der Waals surface area contributed by atoms with Gasteiger partial charge in [0.15, 0.2) is 5.13 Å². The largest absolute Gasteiger partial charge is 0.346 e. The third-order valence-electron chi connectivity index (χ3n) is 4.47. The van der Waals surface area contributed by atoms with Gasteiger partial charge < -0.3 is 15.1 Å². The first-order valence-electron chi connectivity index (χ1n) is 7.96. The second kappa shape index (κ2) is 10.3. The number of carbonyl (C=O) groups is 1. The first-order chi connectivity index (χ1) is 10.3. The minimum absolute atomic E-state index is 0. The van der Waals surface area contributed by atoms with E-state index in [9.17, 15) is 4.79 Å². The predicted molar refractivity (Wildman–Crippen MR) is 100 cm³/mol. The number of nitrogens with one attached hydrogen (secondary N) is 1. The number of rotatable bonds is 4. The fourth-order valence-electron chi connectivity index (χ4n) is 3.18. The van der Waals surface area contributed by atoms with Gasteiger partial charge in [-0.15, -0.1) is 36.2 Å². The second-order valence-electron chi connectivity index (χ2n) is 5.93. The van der Waals surface area contributed by atoms with Crippen molar-refractivity contribution in [2.75, 3.05) is 44.2 Å². The molecule has 8 heteroatoms. The van der Waals surface area contributed by atoms with Crippen LogP contribution >= 0.6 is 36.2 Å². The zero-order valence-electron chi connectivity index (χ0n) is 13.3. The average molecular weight is 381 g/mol. The molecule has 23 heavy (non-hydrogen) atoms. The highest BCUT2D eigenvalue weighted by molar-refractivity contribution is 7.13. The van der Waals surface area contributed by atoms with Crippen molar-refractivity contribution in [1.82, 2.24) is 15.2 Å². The van der Waals surface area contributed by atoms with Gasteiger partial charge in [-0.2, -0.15) is 0 Å². The van der Waals surface area contributed by atoms with Gasteiger partial charge in [-0.05, 0) is 38.3 Å². The van der Waals surface area contributed by atoms with Crippen LogP contribution < -0.4 is 10.2 Å². The molecule has 3 heterocycles. The van der Waals surface area contributed by atoms with Crippen molar-refractivity contribution in [3.05, 3.63) is 11.6 Å². The Morgan fingerprint density at radius 1 is 1.30 bits per heavy atom. The summed E-state index contributed by atoms with van der Waals surface area (Å²) in [5.41, 5.74) is 0. The van der Waals surface area contributed by atoms with E-state index in [4.69, 9.17) is 0 Å². The summed E-state index contributed by atoms with van der Waals surface area (Å²) in [7, 11) is 0. The Labute approximate surface area is 154 Å². The Balaban J connectivity index is 0.00000132. The van der Waals surface area contributed by atoms with Crippen LogP contribution in [0.3, 0.4) is 0 Å². The molecule has 1 aromatic rings. The summed E-state index contributed by atoms with van der Waals surface area (Å²) in [5, 5.41) is 6.47. The standard InChI is InChI=1S/C15H24N4OS.2ClH/c20-14(3-2-13-4-5-16-12-13)18-7-1-8-19(10-9-18)15-17-6-11-21-15;;/h6,11,13,16H,1-5,7-10,12H2;2*1H. The number of halogens is 2. The van der Waals surface area contributed by atoms with Crippen molar-refractivity contribution in [3.8, 4) is 0 Å². The number of carbonyl (C=O) groups excluding carboxylic acids is 1. The molecule has 2 fully saturated rings. The van der Waals surface area contributed by atoms with E-state index in [1.807, 2.05) is 11.6 Å². The lowest BCUT2D eigenvalue weighted by Gasteiger charge is -2.22. The smallest absolute Gasteiger partial charge is 0.222 e. The molecule has 2 saturated heterocycles. The maximum absolute atomic E-state index is 12.4. The Bertz CT molecular complexity index is 454. The minimum Gasteiger partial charge on any atom is -0.346 e. The molecule has 2 aliphatic rings. The Kier molecular flexibility index (Phi) is 9.20. The van der Waals surface area contributed by atoms with Crippen molar-refractivity contribution in [1.29, 1.82) is 0 Å². The highest BCUT2D eigenvalue weighted by Gasteiger charge is 2.22. The molecule has 1 atom stereocenters. The number of thiazole rings is 1. The fourth-order valence-corrected chi connectivity index (χ4v) is 3.87. The van der Waals surface area contributed by atoms with E-state index in [2.05, 4.69) is 20.1 Å². The van der Waals surface area contributed by atoms with Gasteiger partial charge in [0.2, 0.25) is 5.91 Å². The van der Waals surface area contributed by atoms with E-state index in [1.165, 1.54) is 6.42 Å². The first-order valence-corrected chi connectivity index (χ1v) is 8.84. The van der Waals surface area contributed by atoms with Crippen LogP contribution in [0.25, 0.3) is 0 Å². The summed E-state index contributed by atoms with van der Waals surface area (Å²) in [6, 6.07) is 0. The molecule has 0 bridgehead atoms. The topological polar surface area (TPSA) is 48.5 Å². The van der Waals surface area contributed by atoms with E-state index >= 15 is 0 Å². The molecule has 2 aliphatic heterocycles. The normalized spacial score (nSPS) is 21.3. The summed E-state index contributed by atoms with van der Waals surface area (Å²) in [5.74, 6) is 1.04. The van der Waals surface area contributed by atoms with Crippen molar-refractivity contribution < 1.29 is 4.79 Å². The van der Waals surface area contributed by atoms with Gasteiger partial charge in [0.25, 0.3) is 0 Å². The average Bonchev–Trinajstić information content (AvgIpc) is 3.15. The molecule has 0 aliphatic carbocycles. The van der Waals surface area contributed by atoms with Gasteiger partial charge in [0, 0.05) is 44.2 Å². The summed E-state index contributed by atoms with van der Waals surface area (Å²) >= 11 is 1.68. The molecule has 0 radical (unpaired) electrons. The molecular formula is C15H26Cl2N4OS. The number of hydrogen-bond acceptors (Lipinski definition) is 5. The minimum atomic E-state index is 0. The molecule has 0 spiro atoms. The fraction of sp³-hybridized carbons (Fsp3) is 0.733. The van der Waals surface area contributed by atoms with Crippen LogP contribution in [0.4, 0.5) is 5.13 Å². The Morgan fingerprint density at radius 2 is 2.17 bits per heavy atom. The molecule has 1 amide bonds. The second-order valence-corrected chi connectivity index (χ2v) is 6.81. The van der Waals surface area contributed by atoms with Gasteiger partial charge in [-0.1, -0.05) is 0 Å². The number of aromatic nitrogens is 1. The molecule has 1 aromatic heterocycles. The van der Waals surface area contributed by atoms with Gasteiger partial charge >= 0.3 is 0 Å². The predicted octanol–water partition coefficient (Wildman–Crippen LogP) is 2.42. The number of nitrogens with zero attached hydrogens (tertiary/aromatic N) is 3. The summed E-state index contributed by atoms with van der Waals surface area (Å²) in [6.07, 6.45) is 5.87. The van der Waals surface area contributed by atoms with Crippen LogP contribution in [0, 0.1) is 5.92 Å². The molecule has 132 valence electrons. The van der Waals surface area contributed by atoms with E-state index in [-0.39, 0.29) is 24.8 Å². The molecule has 0 saturated carbocycles. The highest BCUT2D eigenvalue weighted by Crippen LogP contribution is 2.20. The first kappa shape index (κ1) is 20.5. The maximum Gasteiger partial charge on any atom is 0.222 e. The van der Waals surface area contributed by atoms with Crippen LogP contribution in [0.15, 0.2) is 11.6 Å². The summed E-state index contributed by atoms with van der Waals surface area (Å²) in [4.78, 5) is 21.1. The number of amides is 1.